The van der Waals surface area contributed by atoms with Crippen molar-refractivity contribution in [3.05, 3.63) is 71.0 Å². The van der Waals surface area contributed by atoms with Gasteiger partial charge in [-0.15, -0.1) is 24.0 Å². The highest BCUT2D eigenvalue weighted by atomic mass is 127. The minimum Gasteiger partial charge on any atom is -0.355 e. The highest BCUT2D eigenvalue weighted by Gasteiger charge is 2.04. The second-order valence-electron chi connectivity index (χ2n) is 5.15. The number of aliphatic imine (C=N–C) groups is 1. The lowest BCUT2D eigenvalue weighted by molar-refractivity contribution is 0.0963. The standard InChI is InChI=1S/C18H21FN4O.HI/c1-20-17(24)14-9-7-13(8-10-14)11-22-18(21-2)23-12-15-5-3-4-6-16(15)19;/h3-10H,11-12H2,1-2H3,(H,20,24)(H2,21,22,23);1H. The smallest absolute Gasteiger partial charge is 0.251 e. The van der Waals surface area contributed by atoms with E-state index in [1.165, 1.54) is 6.07 Å². The van der Waals surface area contributed by atoms with E-state index in [9.17, 15) is 9.18 Å². The predicted octanol–water partition coefficient (Wildman–Crippen LogP) is 2.67. The molecule has 2 aromatic rings. The van der Waals surface area contributed by atoms with Crippen LogP contribution in [0.1, 0.15) is 21.5 Å². The Kier molecular flexibility index (Phi) is 8.90. The van der Waals surface area contributed by atoms with Crippen LogP contribution in [-0.4, -0.2) is 26.0 Å². The van der Waals surface area contributed by atoms with Crippen molar-refractivity contribution in [2.45, 2.75) is 13.1 Å². The molecule has 0 atom stereocenters. The summed E-state index contributed by atoms with van der Waals surface area (Å²) in [7, 11) is 3.26. The molecule has 7 heteroatoms. The quantitative estimate of drug-likeness (QED) is 0.369. The second-order valence-corrected chi connectivity index (χ2v) is 5.15. The molecule has 1 amide bonds. The van der Waals surface area contributed by atoms with Crippen LogP contribution in [0.3, 0.4) is 0 Å². The Bertz CT molecular complexity index is 719. The summed E-state index contributed by atoms with van der Waals surface area (Å²) >= 11 is 0. The molecule has 5 nitrogen and oxygen atoms in total. The van der Waals surface area contributed by atoms with Gasteiger partial charge in [0.1, 0.15) is 5.82 Å². The number of nitrogens with zero attached hydrogens (tertiary/aromatic N) is 1. The van der Waals surface area contributed by atoms with Crippen molar-refractivity contribution in [3.8, 4) is 0 Å². The molecule has 0 fully saturated rings. The molecule has 0 saturated carbocycles. The molecular formula is C18H22FIN4O. The lowest BCUT2D eigenvalue weighted by Gasteiger charge is -2.12. The lowest BCUT2D eigenvalue weighted by Crippen LogP contribution is -2.36. The number of carbonyl (C=O) groups is 1. The van der Waals surface area contributed by atoms with Gasteiger partial charge < -0.3 is 16.0 Å². The van der Waals surface area contributed by atoms with E-state index in [1.807, 2.05) is 12.1 Å². The van der Waals surface area contributed by atoms with Gasteiger partial charge >= 0.3 is 0 Å². The van der Waals surface area contributed by atoms with Crippen molar-refractivity contribution in [2.75, 3.05) is 14.1 Å². The van der Waals surface area contributed by atoms with E-state index in [2.05, 4.69) is 20.9 Å². The van der Waals surface area contributed by atoms with Crippen LogP contribution in [0.5, 0.6) is 0 Å². The third kappa shape index (κ3) is 6.33. The number of benzene rings is 2. The van der Waals surface area contributed by atoms with Gasteiger partial charge in [0.25, 0.3) is 5.91 Å². The molecule has 134 valence electrons. The molecule has 0 aliphatic rings. The van der Waals surface area contributed by atoms with Gasteiger partial charge in [0.05, 0.1) is 0 Å². The van der Waals surface area contributed by atoms with Crippen LogP contribution in [0.2, 0.25) is 0 Å². The van der Waals surface area contributed by atoms with Gasteiger partial charge in [-0.05, 0) is 23.8 Å². The number of nitrogens with one attached hydrogen (secondary N) is 3. The molecule has 0 spiro atoms. The highest BCUT2D eigenvalue weighted by Crippen LogP contribution is 2.06. The van der Waals surface area contributed by atoms with Crippen molar-refractivity contribution in [3.63, 3.8) is 0 Å². The van der Waals surface area contributed by atoms with E-state index in [0.717, 1.165) is 5.56 Å². The lowest BCUT2D eigenvalue weighted by atomic mass is 10.1. The molecule has 2 aromatic carbocycles. The zero-order valence-corrected chi connectivity index (χ0v) is 16.5. The molecule has 0 aliphatic carbocycles. The minimum absolute atomic E-state index is 0. The Morgan fingerprint density at radius 2 is 1.68 bits per heavy atom. The summed E-state index contributed by atoms with van der Waals surface area (Å²) in [6.07, 6.45) is 0. The summed E-state index contributed by atoms with van der Waals surface area (Å²) in [5.41, 5.74) is 2.20. The third-order valence-electron chi connectivity index (χ3n) is 3.53. The molecule has 0 radical (unpaired) electrons. The molecule has 0 saturated heterocycles. The monoisotopic (exact) mass is 456 g/mol. The number of halogens is 2. The van der Waals surface area contributed by atoms with Gasteiger partial charge in [-0.25, -0.2) is 4.39 Å². The highest BCUT2D eigenvalue weighted by molar-refractivity contribution is 14.0. The number of amides is 1. The fourth-order valence-corrected chi connectivity index (χ4v) is 2.15. The molecule has 0 heterocycles. The van der Waals surface area contributed by atoms with Crippen LogP contribution < -0.4 is 16.0 Å². The van der Waals surface area contributed by atoms with Crippen LogP contribution in [0.25, 0.3) is 0 Å². The molecule has 0 bridgehead atoms. The maximum absolute atomic E-state index is 13.6. The zero-order chi connectivity index (χ0) is 17.4. The van der Waals surface area contributed by atoms with Crippen LogP contribution in [-0.2, 0) is 13.1 Å². The normalized spacial score (nSPS) is 10.6. The minimum atomic E-state index is -0.245. The zero-order valence-electron chi connectivity index (χ0n) is 14.2. The maximum Gasteiger partial charge on any atom is 0.251 e. The molecule has 25 heavy (non-hydrogen) atoms. The van der Waals surface area contributed by atoms with E-state index in [-0.39, 0.29) is 35.7 Å². The van der Waals surface area contributed by atoms with Crippen LogP contribution in [0.4, 0.5) is 4.39 Å². The summed E-state index contributed by atoms with van der Waals surface area (Å²) in [5, 5.41) is 8.81. The van der Waals surface area contributed by atoms with Gasteiger partial charge in [0.2, 0.25) is 0 Å². The number of hydrogen-bond donors (Lipinski definition) is 3. The first-order chi connectivity index (χ1) is 11.6. The van der Waals surface area contributed by atoms with Gasteiger partial charge in [0.15, 0.2) is 5.96 Å². The van der Waals surface area contributed by atoms with E-state index in [0.29, 0.717) is 30.2 Å². The number of rotatable bonds is 5. The van der Waals surface area contributed by atoms with Crippen molar-refractivity contribution >= 4 is 35.8 Å². The van der Waals surface area contributed by atoms with Crippen LogP contribution in [0.15, 0.2) is 53.5 Å². The van der Waals surface area contributed by atoms with Gasteiger partial charge in [-0.1, -0.05) is 30.3 Å². The second kappa shape index (κ2) is 10.7. The number of hydrogen-bond acceptors (Lipinski definition) is 2. The van der Waals surface area contributed by atoms with E-state index < -0.39 is 0 Å². The van der Waals surface area contributed by atoms with Crippen LogP contribution >= 0.6 is 24.0 Å². The first-order valence-electron chi connectivity index (χ1n) is 7.63. The summed E-state index contributed by atoms with van der Waals surface area (Å²) < 4.78 is 13.6. The van der Waals surface area contributed by atoms with E-state index >= 15 is 0 Å². The summed E-state index contributed by atoms with van der Waals surface area (Å²) in [6.45, 7) is 0.896. The summed E-state index contributed by atoms with van der Waals surface area (Å²) in [4.78, 5) is 15.6. The molecule has 0 aliphatic heterocycles. The molecule has 0 aromatic heterocycles. The summed E-state index contributed by atoms with van der Waals surface area (Å²) in [6, 6.07) is 13.9. The van der Waals surface area contributed by atoms with Crippen LogP contribution in [0, 0.1) is 5.82 Å². The Labute approximate surface area is 164 Å². The average Bonchev–Trinajstić information content (AvgIpc) is 2.63. The van der Waals surface area contributed by atoms with Crippen molar-refractivity contribution in [2.24, 2.45) is 4.99 Å². The van der Waals surface area contributed by atoms with Gasteiger partial charge in [-0.3, -0.25) is 9.79 Å². The Hall–Kier alpha value is -2.16. The predicted molar refractivity (Wildman–Crippen MR) is 109 cm³/mol. The first-order valence-corrected chi connectivity index (χ1v) is 7.63. The Morgan fingerprint density at radius 1 is 1.04 bits per heavy atom. The van der Waals surface area contributed by atoms with Gasteiger partial charge in [-0.2, -0.15) is 0 Å². The van der Waals surface area contributed by atoms with Crippen molar-refractivity contribution in [1.82, 2.24) is 16.0 Å². The fraction of sp³-hybridized carbons (Fsp3) is 0.222. The Balaban J connectivity index is 0.00000312. The van der Waals surface area contributed by atoms with Crippen molar-refractivity contribution in [1.29, 1.82) is 0 Å². The van der Waals surface area contributed by atoms with Gasteiger partial charge in [0, 0.05) is 38.3 Å². The SMILES string of the molecule is CN=C(NCc1ccc(C(=O)NC)cc1)NCc1ccccc1F.I. The first kappa shape index (κ1) is 20.9. The van der Waals surface area contributed by atoms with Crippen molar-refractivity contribution < 1.29 is 9.18 Å². The fourth-order valence-electron chi connectivity index (χ4n) is 2.15. The van der Waals surface area contributed by atoms with E-state index in [4.69, 9.17) is 0 Å². The third-order valence-corrected chi connectivity index (χ3v) is 3.53. The molecular weight excluding hydrogens is 434 g/mol. The largest absolute Gasteiger partial charge is 0.355 e. The maximum atomic E-state index is 13.6. The average molecular weight is 456 g/mol. The number of guanidine groups is 1. The molecule has 3 N–H and O–H groups in total. The topological polar surface area (TPSA) is 65.5 Å². The summed E-state index contributed by atoms with van der Waals surface area (Å²) in [5.74, 6) is 0.218. The number of carbonyl (C=O) groups excluding carboxylic acids is 1. The molecule has 0 unspecified atom stereocenters. The Morgan fingerprint density at radius 3 is 2.28 bits per heavy atom. The molecule has 2 rings (SSSR count). The van der Waals surface area contributed by atoms with E-state index in [1.54, 1.807) is 44.4 Å².